The van der Waals surface area contributed by atoms with Crippen LogP contribution in [-0.4, -0.2) is 31.5 Å². The van der Waals surface area contributed by atoms with E-state index in [2.05, 4.69) is 12.2 Å². The van der Waals surface area contributed by atoms with Gasteiger partial charge in [-0.2, -0.15) is 0 Å². The lowest BCUT2D eigenvalue weighted by Crippen LogP contribution is -2.48. The molecule has 1 spiro atoms. The SMILES string of the molecule is CC(NC1CCOC2(CCOC2)C1)c1cccc(F)c1. The van der Waals surface area contributed by atoms with E-state index in [1.165, 1.54) is 6.07 Å². The Labute approximate surface area is 119 Å². The number of hydrogen-bond acceptors (Lipinski definition) is 3. The van der Waals surface area contributed by atoms with Crippen LogP contribution in [0.1, 0.15) is 37.8 Å². The highest BCUT2D eigenvalue weighted by atomic mass is 19.1. The maximum atomic E-state index is 13.3. The van der Waals surface area contributed by atoms with Crippen LogP contribution in [0.25, 0.3) is 0 Å². The summed E-state index contributed by atoms with van der Waals surface area (Å²) in [6.45, 7) is 4.37. The first-order valence-electron chi connectivity index (χ1n) is 7.40. The van der Waals surface area contributed by atoms with Crippen LogP contribution in [0.4, 0.5) is 4.39 Å². The molecule has 0 radical (unpaired) electrons. The van der Waals surface area contributed by atoms with E-state index in [1.807, 2.05) is 6.07 Å². The molecule has 0 bridgehead atoms. The van der Waals surface area contributed by atoms with Crippen molar-refractivity contribution in [2.24, 2.45) is 0 Å². The highest BCUT2D eigenvalue weighted by Gasteiger charge is 2.41. The van der Waals surface area contributed by atoms with Crippen molar-refractivity contribution in [1.29, 1.82) is 0 Å². The summed E-state index contributed by atoms with van der Waals surface area (Å²) < 4.78 is 24.7. The first kappa shape index (κ1) is 14.0. The molecule has 110 valence electrons. The van der Waals surface area contributed by atoms with Crippen LogP contribution in [-0.2, 0) is 9.47 Å². The summed E-state index contributed by atoms with van der Waals surface area (Å²) >= 11 is 0. The Morgan fingerprint density at radius 3 is 3.05 bits per heavy atom. The second-order valence-corrected chi connectivity index (χ2v) is 5.97. The lowest BCUT2D eigenvalue weighted by atomic mass is 9.89. The molecule has 3 atom stereocenters. The molecule has 2 aliphatic heterocycles. The molecule has 20 heavy (non-hydrogen) atoms. The molecule has 1 aromatic carbocycles. The van der Waals surface area contributed by atoms with Gasteiger partial charge in [-0.05, 0) is 37.5 Å². The minimum absolute atomic E-state index is 0.0857. The number of ether oxygens (including phenoxy) is 2. The Hall–Kier alpha value is -0.970. The fourth-order valence-electron chi connectivity index (χ4n) is 3.26. The van der Waals surface area contributed by atoms with Gasteiger partial charge < -0.3 is 14.8 Å². The second kappa shape index (κ2) is 5.80. The van der Waals surface area contributed by atoms with Gasteiger partial charge in [-0.25, -0.2) is 4.39 Å². The van der Waals surface area contributed by atoms with Gasteiger partial charge in [0.25, 0.3) is 0 Å². The van der Waals surface area contributed by atoms with Gasteiger partial charge in [0.05, 0.1) is 12.2 Å². The molecule has 0 saturated carbocycles. The smallest absolute Gasteiger partial charge is 0.123 e. The quantitative estimate of drug-likeness (QED) is 0.923. The Kier molecular flexibility index (Phi) is 4.06. The second-order valence-electron chi connectivity index (χ2n) is 5.97. The lowest BCUT2D eigenvalue weighted by molar-refractivity contribution is -0.0902. The molecule has 0 aromatic heterocycles. The number of nitrogens with one attached hydrogen (secondary N) is 1. The Bertz CT molecular complexity index is 460. The Morgan fingerprint density at radius 2 is 2.30 bits per heavy atom. The lowest BCUT2D eigenvalue weighted by Gasteiger charge is -2.38. The maximum absolute atomic E-state index is 13.3. The highest BCUT2D eigenvalue weighted by molar-refractivity contribution is 5.19. The Morgan fingerprint density at radius 1 is 1.40 bits per heavy atom. The zero-order valence-electron chi connectivity index (χ0n) is 11.9. The molecular formula is C16H22FNO2. The van der Waals surface area contributed by atoms with Gasteiger partial charge in [0.15, 0.2) is 0 Å². The normalized spacial score (nSPS) is 31.6. The van der Waals surface area contributed by atoms with Crippen LogP contribution in [0.15, 0.2) is 24.3 Å². The van der Waals surface area contributed by atoms with Gasteiger partial charge >= 0.3 is 0 Å². The van der Waals surface area contributed by atoms with Crippen molar-refractivity contribution < 1.29 is 13.9 Å². The van der Waals surface area contributed by atoms with Gasteiger partial charge in [0.2, 0.25) is 0 Å². The van der Waals surface area contributed by atoms with E-state index < -0.39 is 0 Å². The molecule has 0 amide bonds. The summed E-state index contributed by atoms with van der Waals surface area (Å²) in [5.41, 5.74) is 0.908. The fourth-order valence-corrected chi connectivity index (χ4v) is 3.26. The van der Waals surface area contributed by atoms with E-state index in [1.54, 1.807) is 12.1 Å². The van der Waals surface area contributed by atoms with Crippen LogP contribution >= 0.6 is 0 Å². The molecule has 2 aliphatic rings. The van der Waals surface area contributed by atoms with Crippen LogP contribution in [0, 0.1) is 5.82 Å². The summed E-state index contributed by atoms with van der Waals surface area (Å²) in [5, 5.41) is 3.61. The third-order valence-electron chi connectivity index (χ3n) is 4.39. The molecule has 3 nitrogen and oxygen atoms in total. The van der Waals surface area contributed by atoms with E-state index >= 15 is 0 Å². The van der Waals surface area contributed by atoms with Crippen molar-refractivity contribution in [2.45, 2.75) is 43.9 Å². The first-order chi connectivity index (χ1) is 9.67. The molecule has 2 fully saturated rings. The predicted molar refractivity (Wildman–Crippen MR) is 75.1 cm³/mol. The molecule has 1 aromatic rings. The van der Waals surface area contributed by atoms with Crippen molar-refractivity contribution in [3.63, 3.8) is 0 Å². The zero-order chi connectivity index (χ0) is 14.0. The number of halogens is 1. The third kappa shape index (κ3) is 3.03. The van der Waals surface area contributed by atoms with Gasteiger partial charge in [-0.15, -0.1) is 0 Å². The average molecular weight is 279 g/mol. The number of hydrogen-bond donors (Lipinski definition) is 1. The largest absolute Gasteiger partial charge is 0.378 e. The summed E-state index contributed by atoms with van der Waals surface area (Å²) in [6, 6.07) is 7.37. The topological polar surface area (TPSA) is 30.5 Å². The van der Waals surface area contributed by atoms with Crippen molar-refractivity contribution in [2.75, 3.05) is 19.8 Å². The standard InChI is InChI=1S/C16H22FNO2/c1-12(13-3-2-4-14(17)9-13)18-15-5-7-20-16(10-15)6-8-19-11-16/h2-4,9,12,15,18H,5-8,10-11H2,1H3. The first-order valence-corrected chi connectivity index (χ1v) is 7.40. The summed E-state index contributed by atoms with van der Waals surface area (Å²) in [4.78, 5) is 0. The monoisotopic (exact) mass is 279 g/mol. The Balaban J connectivity index is 1.62. The van der Waals surface area contributed by atoms with Crippen molar-refractivity contribution in [3.05, 3.63) is 35.6 Å². The third-order valence-corrected chi connectivity index (χ3v) is 4.39. The number of benzene rings is 1. The van der Waals surface area contributed by atoms with Gasteiger partial charge in [-0.3, -0.25) is 0 Å². The van der Waals surface area contributed by atoms with E-state index in [0.29, 0.717) is 12.6 Å². The van der Waals surface area contributed by atoms with Gasteiger partial charge in [-0.1, -0.05) is 12.1 Å². The van der Waals surface area contributed by atoms with E-state index in [-0.39, 0.29) is 17.5 Å². The van der Waals surface area contributed by atoms with Gasteiger partial charge in [0, 0.05) is 31.7 Å². The fraction of sp³-hybridized carbons (Fsp3) is 0.625. The van der Waals surface area contributed by atoms with Crippen LogP contribution in [0.2, 0.25) is 0 Å². The van der Waals surface area contributed by atoms with Crippen molar-refractivity contribution in [3.8, 4) is 0 Å². The number of rotatable bonds is 3. The minimum Gasteiger partial charge on any atom is -0.378 e. The summed E-state index contributed by atoms with van der Waals surface area (Å²) in [6.07, 6.45) is 2.97. The highest BCUT2D eigenvalue weighted by Crippen LogP contribution is 2.33. The van der Waals surface area contributed by atoms with Crippen molar-refractivity contribution in [1.82, 2.24) is 5.32 Å². The molecule has 2 heterocycles. The zero-order valence-corrected chi connectivity index (χ0v) is 11.9. The predicted octanol–water partition coefficient (Wildman–Crippen LogP) is 2.81. The molecular weight excluding hydrogens is 257 g/mol. The van der Waals surface area contributed by atoms with E-state index in [4.69, 9.17) is 9.47 Å². The molecule has 4 heteroatoms. The summed E-state index contributed by atoms with van der Waals surface area (Å²) in [7, 11) is 0. The summed E-state index contributed by atoms with van der Waals surface area (Å²) in [5.74, 6) is -0.177. The van der Waals surface area contributed by atoms with E-state index in [9.17, 15) is 4.39 Å². The molecule has 3 unspecified atom stereocenters. The van der Waals surface area contributed by atoms with Gasteiger partial charge in [0.1, 0.15) is 5.82 Å². The molecule has 1 N–H and O–H groups in total. The molecule has 2 saturated heterocycles. The molecule has 0 aliphatic carbocycles. The minimum atomic E-state index is -0.177. The van der Waals surface area contributed by atoms with Crippen LogP contribution in [0.3, 0.4) is 0 Å². The molecule has 3 rings (SSSR count). The van der Waals surface area contributed by atoms with Crippen LogP contribution < -0.4 is 5.32 Å². The average Bonchev–Trinajstić information content (AvgIpc) is 2.87. The van der Waals surface area contributed by atoms with E-state index in [0.717, 1.165) is 38.0 Å². The van der Waals surface area contributed by atoms with Crippen molar-refractivity contribution >= 4 is 0 Å². The van der Waals surface area contributed by atoms with Crippen LogP contribution in [0.5, 0.6) is 0 Å². The maximum Gasteiger partial charge on any atom is 0.123 e.